The highest BCUT2D eigenvalue weighted by atomic mass is 32.2. The van der Waals surface area contributed by atoms with E-state index in [2.05, 4.69) is 4.72 Å². The molecule has 0 aliphatic rings. The molecule has 6 nitrogen and oxygen atoms in total. The van der Waals surface area contributed by atoms with Gasteiger partial charge in [-0.15, -0.1) is 0 Å². The molecule has 1 heterocycles. The van der Waals surface area contributed by atoms with Crippen molar-refractivity contribution in [2.45, 2.75) is 31.3 Å². The van der Waals surface area contributed by atoms with Crippen molar-refractivity contribution >= 4 is 10.0 Å². The van der Waals surface area contributed by atoms with Crippen molar-refractivity contribution in [2.75, 3.05) is 13.2 Å². The first kappa shape index (κ1) is 17.5. The fourth-order valence-corrected chi connectivity index (χ4v) is 3.31. The first-order valence-electron chi connectivity index (χ1n) is 7.26. The van der Waals surface area contributed by atoms with Gasteiger partial charge in [-0.1, -0.05) is 0 Å². The van der Waals surface area contributed by atoms with Crippen molar-refractivity contribution in [1.29, 1.82) is 0 Å². The maximum atomic E-state index is 12.4. The van der Waals surface area contributed by atoms with Gasteiger partial charge >= 0.3 is 0 Å². The van der Waals surface area contributed by atoms with Gasteiger partial charge in [-0.05, 0) is 56.7 Å². The van der Waals surface area contributed by atoms with E-state index in [-0.39, 0.29) is 11.4 Å². The number of furan rings is 1. The average molecular weight is 339 g/mol. The van der Waals surface area contributed by atoms with E-state index in [1.807, 2.05) is 6.92 Å². The van der Waals surface area contributed by atoms with Crippen LogP contribution >= 0.6 is 0 Å². The van der Waals surface area contributed by atoms with Crippen LogP contribution in [-0.4, -0.2) is 26.7 Å². The molecule has 1 aromatic heterocycles. The second kappa shape index (κ2) is 6.74. The van der Waals surface area contributed by atoms with Gasteiger partial charge in [-0.2, -0.15) is 0 Å². The minimum atomic E-state index is -3.75. The zero-order valence-electron chi connectivity index (χ0n) is 13.4. The number of aryl methyl sites for hydroxylation is 1. The third-order valence-corrected chi connectivity index (χ3v) is 4.81. The number of hydrogen-bond acceptors (Lipinski definition) is 5. The molecule has 0 saturated heterocycles. The monoisotopic (exact) mass is 339 g/mol. The number of rotatable bonds is 7. The molecule has 0 aliphatic carbocycles. The zero-order chi connectivity index (χ0) is 17.1. The molecule has 23 heavy (non-hydrogen) atoms. The van der Waals surface area contributed by atoms with E-state index in [1.165, 1.54) is 25.3 Å². The lowest BCUT2D eigenvalue weighted by Gasteiger charge is -2.21. The topological polar surface area (TPSA) is 88.8 Å². The Labute approximate surface area is 136 Å². The normalized spacial score (nSPS) is 14.4. The summed E-state index contributed by atoms with van der Waals surface area (Å²) in [7, 11) is -3.75. The van der Waals surface area contributed by atoms with Gasteiger partial charge in [0.1, 0.15) is 17.1 Å². The SMILES string of the molecule is CCOc1ccc(S(=O)(=O)NC[C@](C)(O)c2ccco2)cc1C. The lowest BCUT2D eigenvalue weighted by molar-refractivity contribution is 0.0395. The molecule has 0 amide bonds. The van der Waals surface area contributed by atoms with Crippen LogP contribution < -0.4 is 9.46 Å². The lowest BCUT2D eigenvalue weighted by Crippen LogP contribution is -2.38. The van der Waals surface area contributed by atoms with Crippen molar-refractivity contribution in [3.8, 4) is 5.75 Å². The number of sulfonamides is 1. The Morgan fingerprint density at radius 1 is 1.35 bits per heavy atom. The van der Waals surface area contributed by atoms with Crippen LogP contribution in [0, 0.1) is 6.92 Å². The zero-order valence-corrected chi connectivity index (χ0v) is 14.2. The third kappa shape index (κ3) is 4.13. The summed E-state index contributed by atoms with van der Waals surface area (Å²) < 4.78 is 37.7. The summed E-state index contributed by atoms with van der Waals surface area (Å²) in [5.74, 6) is 0.942. The van der Waals surface area contributed by atoms with Crippen LogP contribution in [0.25, 0.3) is 0 Å². The van der Waals surface area contributed by atoms with E-state index < -0.39 is 15.6 Å². The van der Waals surface area contributed by atoms with Crippen LogP contribution in [0.15, 0.2) is 45.9 Å². The van der Waals surface area contributed by atoms with E-state index in [0.29, 0.717) is 18.1 Å². The summed E-state index contributed by atoms with van der Waals surface area (Å²) in [5.41, 5.74) is -0.704. The molecule has 7 heteroatoms. The maximum Gasteiger partial charge on any atom is 0.240 e. The summed E-state index contributed by atoms with van der Waals surface area (Å²) in [5, 5.41) is 10.3. The Hall–Kier alpha value is -1.83. The van der Waals surface area contributed by atoms with Crippen molar-refractivity contribution in [3.63, 3.8) is 0 Å². The molecule has 2 N–H and O–H groups in total. The van der Waals surface area contributed by atoms with E-state index >= 15 is 0 Å². The van der Waals surface area contributed by atoms with E-state index in [1.54, 1.807) is 25.1 Å². The highest BCUT2D eigenvalue weighted by Gasteiger charge is 2.28. The molecule has 0 bridgehead atoms. The van der Waals surface area contributed by atoms with E-state index in [0.717, 1.165) is 5.56 Å². The first-order valence-corrected chi connectivity index (χ1v) is 8.74. The Balaban J connectivity index is 2.14. The molecule has 0 unspecified atom stereocenters. The number of aliphatic hydroxyl groups is 1. The molecule has 0 saturated carbocycles. The van der Waals surface area contributed by atoms with Crippen LogP contribution in [0.2, 0.25) is 0 Å². The van der Waals surface area contributed by atoms with Crippen molar-refractivity contribution in [2.24, 2.45) is 0 Å². The average Bonchev–Trinajstić information content (AvgIpc) is 3.03. The molecule has 1 aromatic carbocycles. The van der Waals surface area contributed by atoms with Crippen molar-refractivity contribution in [1.82, 2.24) is 4.72 Å². The predicted molar refractivity (Wildman–Crippen MR) is 85.8 cm³/mol. The molecule has 1 atom stereocenters. The van der Waals surface area contributed by atoms with Gasteiger partial charge in [0.2, 0.25) is 10.0 Å². The van der Waals surface area contributed by atoms with Gasteiger partial charge in [0, 0.05) is 6.54 Å². The standard InChI is InChI=1S/C16H21NO5S/c1-4-21-14-8-7-13(10-12(14)2)23(19,20)17-11-16(3,18)15-6-5-9-22-15/h5-10,17-18H,4,11H2,1-3H3/t16-/m0/s1. The second-order valence-electron chi connectivity index (χ2n) is 5.44. The van der Waals surface area contributed by atoms with E-state index in [4.69, 9.17) is 9.15 Å². The van der Waals surface area contributed by atoms with Gasteiger partial charge < -0.3 is 14.3 Å². The fraction of sp³-hybridized carbons (Fsp3) is 0.375. The molecule has 0 fully saturated rings. The van der Waals surface area contributed by atoms with E-state index in [9.17, 15) is 13.5 Å². The maximum absolute atomic E-state index is 12.4. The number of ether oxygens (including phenoxy) is 1. The van der Waals surface area contributed by atoms with Crippen molar-refractivity contribution in [3.05, 3.63) is 47.9 Å². The second-order valence-corrected chi connectivity index (χ2v) is 7.20. The molecular formula is C16H21NO5S. The largest absolute Gasteiger partial charge is 0.494 e. The number of hydrogen-bond donors (Lipinski definition) is 2. The van der Waals surface area contributed by atoms with Crippen LogP contribution in [0.5, 0.6) is 5.75 Å². The number of benzene rings is 1. The van der Waals surface area contributed by atoms with Gasteiger partial charge in [-0.25, -0.2) is 13.1 Å². The highest BCUT2D eigenvalue weighted by molar-refractivity contribution is 7.89. The van der Waals surface area contributed by atoms with Gasteiger partial charge in [-0.3, -0.25) is 0 Å². The first-order chi connectivity index (χ1) is 10.8. The highest BCUT2D eigenvalue weighted by Crippen LogP contribution is 2.23. The Morgan fingerprint density at radius 2 is 2.09 bits per heavy atom. The molecule has 126 valence electrons. The molecular weight excluding hydrogens is 318 g/mol. The van der Waals surface area contributed by atoms with Gasteiger partial charge in [0.05, 0.1) is 17.8 Å². The molecule has 0 spiro atoms. The van der Waals surface area contributed by atoms with Crippen LogP contribution in [0.3, 0.4) is 0 Å². The smallest absolute Gasteiger partial charge is 0.240 e. The quantitative estimate of drug-likeness (QED) is 0.807. The fourth-order valence-electron chi connectivity index (χ4n) is 2.10. The third-order valence-electron chi connectivity index (χ3n) is 3.41. The summed E-state index contributed by atoms with van der Waals surface area (Å²) in [6, 6.07) is 7.86. The minimum Gasteiger partial charge on any atom is -0.494 e. The molecule has 2 aromatic rings. The summed E-state index contributed by atoms with van der Waals surface area (Å²) in [6.45, 7) is 5.44. The molecule has 0 aliphatic heterocycles. The molecule has 0 radical (unpaired) electrons. The summed E-state index contributed by atoms with van der Waals surface area (Å²) >= 11 is 0. The van der Waals surface area contributed by atoms with Gasteiger partial charge in [0.25, 0.3) is 0 Å². The number of nitrogens with one attached hydrogen (secondary N) is 1. The van der Waals surface area contributed by atoms with Crippen LogP contribution in [0.1, 0.15) is 25.2 Å². The molecule has 2 rings (SSSR count). The van der Waals surface area contributed by atoms with Gasteiger partial charge in [0.15, 0.2) is 0 Å². The lowest BCUT2D eigenvalue weighted by atomic mass is 10.1. The summed E-state index contributed by atoms with van der Waals surface area (Å²) in [4.78, 5) is 0.119. The predicted octanol–water partition coefficient (Wildman–Crippen LogP) is 2.17. The van der Waals surface area contributed by atoms with Crippen LogP contribution in [-0.2, 0) is 15.6 Å². The summed E-state index contributed by atoms with van der Waals surface area (Å²) in [6.07, 6.45) is 1.42. The Morgan fingerprint density at radius 3 is 2.65 bits per heavy atom. The Bertz CT molecular complexity index is 751. The minimum absolute atomic E-state index is 0.119. The Kier molecular flexibility index (Phi) is 5.13. The van der Waals surface area contributed by atoms with Crippen LogP contribution in [0.4, 0.5) is 0 Å². The van der Waals surface area contributed by atoms with Crippen molar-refractivity contribution < 1.29 is 22.7 Å².